The molecule has 7 nitrogen and oxygen atoms in total. The number of rotatable bonds is 6. The fraction of sp³-hybridized carbons (Fsp3) is 0.500. The van der Waals surface area contributed by atoms with Gasteiger partial charge in [-0.1, -0.05) is 12.1 Å². The molecule has 4 fully saturated rings. The molecule has 2 bridgehead atoms. The molecular weight excluding hydrogens is 457 g/mol. The Hall–Kier alpha value is -3.15. The largest absolute Gasteiger partial charge is 0.380 e. The van der Waals surface area contributed by atoms with Gasteiger partial charge in [0.05, 0.1) is 47.8 Å². The van der Waals surface area contributed by atoms with E-state index in [4.69, 9.17) is 4.74 Å². The molecule has 6 rings (SSSR count). The highest BCUT2D eigenvalue weighted by atomic mass is 19.1. The summed E-state index contributed by atoms with van der Waals surface area (Å²) >= 11 is 0. The number of nitriles is 1. The number of piperidine rings is 3. The van der Waals surface area contributed by atoms with Crippen molar-refractivity contribution < 1.29 is 13.9 Å². The van der Waals surface area contributed by atoms with Crippen molar-refractivity contribution in [3.8, 4) is 6.07 Å². The van der Waals surface area contributed by atoms with Crippen LogP contribution in [0.25, 0.3) is 0 Å². The quantitative estimate of drug-likeness (QED) is 0.639. The lowest BCUT2D eigenvalue weighted by molar-refractivity contribution is 0.0935. The van der Waals surface area contributed by atoms with Gasteiger partial charge in [0.15, 0.2) is 0 Å². The second-order valence-corrected chi connectivity index (χ2v) is 10.2. The van der Waals surface area contributed by atoms with E-state index in [0.717, 1.165) is 43.6 Å². The Kier molecular flexibility index (Phi) is 7.13. The number of anilines is 2. The van der Waals surface area contributed by atoms with E-state index in [-0.39, 0.29) is 23.8 Å². The lowest BCUT2D eigenvalue weighted by Crippen LogP contribution is -2.53. The van der Waals surface area contributed by atoms with Crippen molar-refractivity contribution in [2.75, 3.05) is 56.2 Å². The monoisotopic (exact) mass is 491 g/mol. The van der Waals surface area contributed by atoms with E-state index in [1.54, 1.807) is 12.1 Å². The fourth-order valence-corrected chi connectivity index (χ4v) is 5.84. The Labute approximate surface area is 212 Å². The first-order chi connectivity index (χ1) is 17.4. The van der Waals surface area contributed by atoms with E-state index in [1.807, 2.05) is 30.9 Å². The van der Waals surface area contributed by atoms with Crippen molar-refractivity contribution in [3.05, 3.63) is 58.4 Å². The maximum Gasteiger partial charge on any atom is 0.253 e. The summed E-state index contributed by atoms with van der Waals surface area (Å²) in [6.45, 7) is 9.17. The first-order valence-corrected chi connectivity index (χ1v) is 12.9. The van der Waals surface area contributed by atoms with Gasteiger partial charge in [-0.2, -0.15) is 5.26 Å². The second-order valence-electron chi connectivity index (χ2n) is 10.2. The molecule has 2 aromatic rings. The van der Waals surface area contributed by atoms with Crippen molar-refractivity contribution in [2.45, 2.75) is 38.8 Å². The van der Waals surface area contributed by atoms with Crippen LogP contribution in [-0.4, -0.2) is 62.8 Å². The number of ether oxygens (including phenoxy) is 1. The molecule has 2 N–H and O–H groups in total. The summed E-state index contributed by atoms with van der Waals surface area (Å²) in [5.41, 5.74) is 3.75. The average Bonchev–Trinajstić information content (AvgIpc) is 2.90. The SMILES string of the molecule is Cc1c(C#N)cccc1[C@@H](C)NC(=O)c1cc(N2CCOCC2)c(F)cc1N[C@H]1CN2CCC1CC2. The van der Waals surface area contributed by atoms with Gasteiger partial charge >= 0.3 is 0 Å². The number of nitrogens with zero attached hydrogens (tertiary/aromatic N) is 3. The standard InChI is InChI=1S/C28H34FN5O2/c1-18-21(16-30)4-3-5-22(18)19(2)31-28(35)23-14-27(34-10-12-36-13-11-34)24(29)15-25(23)32-26-17-33-8-6-20(26)7-9-33/h3-5,14-15,19-20,26,32H,6-13,17H2,1-2H3,(H,31,35)/t19-,26+/m1/s1. The molecule has 1 amide bonds. The number of carbonyl (C=O) groups excluding carboxylic acids is 1. The summed E-state index contributed by atoms with van der Waals surface area (Å²) in [6, 6.07) is 10.8. The van der Waals surface area contributed by atoms with Gasteiger partial charge in [-0.3, -0.25) is 4.79 Å². The Morgan fingerprint density at radius 1 is 1.19 bits per heavy atom. The number of nitrogens with one attached hydrogen (secondary N) is 2. The van der Waals surface area contributed by atoms with E-state index in [2.05, 4.69) is 21.6 Å². The molecule has 2 atom stereocenters. The predicted molar refractivity (Wildman–Crippen MR) is 138 cm³/mol. The zero-order valence-electron chi connectivity index (χ0n) is 21.0. The van der Waals surface area contributed by atoms with Crippen LogP contribution in [0.15, 0.2) is 30.3 Å². The molecule has 8 heteroatoms. The number of hydrogen-bond donors (Lipinski definition) is 2. The molecule has 4 heterocycles. The summed E-state index contributed by atoms with van der Waals surface area (Å²) in [7, 11) is 0. The van der Waals surface area contributed by atoms with E-state index in [1.165, 1.54) is 6.07 Å². The number of halogens is 1. The minimum atomic E-state index is -0.331. The van der Waals surface area contributed by atoms with Crippen LogP contribution in [0.1, 0.15) is 52.9 Å². The molecule has 0 spiro atoms. The second kappa shape index (κ2) is 10.5. The normalized spacial score (nSPS) is 24.2. The molecule has 4 aliphatic rings. The minimum absolute atomic E-state index is 0.194. The van der Waals surface area contributed by atoms with Crippen LogP contribution in [0.4, 0.5) is 15.8 Å². The zero-order valence-corrected chi connectivity index (χ0v) is 21.0. The smallest absolute Gasteiger partial charge is 0.253 e. The third-order valence-corrected chi connectivity index (χ3v) is 7.99. The first kappa shape index (κ1) is 24.5. The topological polar surface area (TPSA) is 80.6 Å². The van der Waals surface area contributed by atoms with Gasteiger partial charge in [0.2, 0.25) is 0 Å². The van der Waals surface area contributed by atoms with E-state index >= 15 is 4.39 Å². The average molecular weight is 492 g/mol. The summed E-state index contributed by atoms with van der Waals surface area (Å²) in [5, 5.41) is 16.1. The van der Waals surface area contributed by atoms with Crippen LogP contribution in [0.5, 0.6) is 0 Å². The Balaban J connectivity index is 1.45. The molecule has 0 saturated carbocycles. The Morgan fingerprint density at radius 2 is 1.94 bits per heavy atom. The molecule has 0 radical (unpaired) electrons. The van der Waals surface area contributed by atoms with E-state index < -0.39 is 0 Å². The lowest BCUT2D eigenvalue weighted by atomic mass is 9.84. The van der Waals surface area contributed by atoms with Crippen LogP contribution in [0.2, 0.25) is 0 Å². The molecule has 2 aromatic carbocycles. The summed E-state index contributed by atoms with van der Waals surface area (Å²) in [4.78, 5) is 18.0. The highest BCUT2D eigenvalue weighted by Gasteiger charge is 2.35. The van der Waals surface area contributed by atoms with E-state index in [9.17, 15) is 10.1 Å². The van der Waals surface area contributed by atoms with Crippen LogP contribution in [-0.2, 0) is 4.74 Å². The lowest BCUT2D eigenvalue weighted by Gasteiger charge is -2.45. The maximum atomic E-state index is 15.4. The number of carbonyl (C=O) groups is 1. The van der Waals surface area contributed by atoms with Crippen molar-refractivity contribution in [1.29, 1.82) is 5.26 Å². The molecule has 36 heavy (non-hydrogen) atoms. The van der Waals surface area contributed by atoms with Gasteiger partial charge < -0.3 is 25.2 Å². The molecular formula is C28H34FN5O2. The van der Waals surface area contributed by atoms with Gasteiger partial charge in [-0.15, -0.1) is 0 Å². The van der Waals surface area contributed by atoms with Crippen LogP contribution < -0.4 is 15.5 Å². The van der Waals surface area contributed by atoms with Gasteiger partial charge in [0, 0.05) is 25.7 Å². The van der Waals surface area contributed by atoms with Crippen LogP contribution >= 0.6 is 0 Å². The number of amides is 1. The fourth-order valence-electron chi connectivity index (χ4n) is 5.84. The molecule has 0 unspecified atom stereocenters. The molecule has 4 saturated heterocycles. The third kappa shape index (κ3) is 4.91. The maximum absolute atomic E-state index is 15.4. The number of hydrogen-bond acceptors (Lipinski definition) is 6. The first-order valence-electron chi connectivity index (χ1n) is 12.9. The molecule has 0 aromatic heterocycles. The summed E-state index contributed by atoms with van der Waals surface area (Å²) in [5.74, 6) is -0.0615. The van der Waals surface area contributed by atoms with Crippen molar-refractivity contribution in [1.82, 2.24) is 10.2 Å². The number of benzene rings is 2. The highest BCUT2D eigenvalue weighted by molar-refractivity contribution is 6.01. The zero-order chi connectivity index (χ0) is 25.2. The van der Waals surface area contributed by atoms with Crippen molar-refractivity contribution in [3.63, 3.8) is 0 Å². The Morgan fingerprint density at radius 3 is 2.61 bits per heavy atom. The van der Waals surface area contributed by atoms with Crippen LogP contribution in [0, 0.1) is 30.0 Å². The van der Waals surface area contributed by atoms with Gasteiger partial charge in [-0.25, -0.2) is 4.39 Å². The van der Waals surface area contributed by atoms with Gasteiger partial charge in [0.1, 0.15) is 5.82 Å². The molecule has 190 valence electrons. The molecule has 0 aliphatic carbocycles. The van der Waals surface area contributed by atoms with Crippen molar-refractivity contribution >= 4 is 17.3 Å². The van der Waals surface area contributed by atoms with E-state index in [0.29, 0.717) is 54.7 Å². The third-order valence-electron chi connectivity index (χ3n) is 7.99. The summed E-state index contributed by atoms with van der Waals surface area (Å²) < 4.78 is 20.8. The van der Waals surface area contributed by atoms with Crippen molar-refractivity contribution in [2.24, 2.45) is 5.92 Å². The number of fused-ring (bicyclic) bond motifs is 3. The van der Waals surface area contributed by atoms with Gasteiger partial charge in [-0.05, 0) is 75.0 Å². The molecule has 4 aliphatic heterocycles. The number of morpholine rings is 1. The highest BCUT2D eigenvalue weighted by Crippen LogP contribution is 2.34. The summed E-state index contributed by atoms with van der Waals surface area (Å²) in [6.07, 6.45) is 2.25. The van der Waals surface area contributed by atoms with Crippen LogP contribution in [0.3, 0.4) is 0 Å². The Bertz CT molecular complexity index is 1170. The van der Waals surface area contributed by atoms with Gasteiger partial charge in [0.25, 0.3) is 5.91 Å². The minimum Gasteiger partial charge on any atom is -0.380 e. The predicted octanol–water partition coefficient (Wildman–Crippen LogP) is 3.84.